The molecular formula is C39H44FN3O4S. The highest BCUT2D eigenvalue weighted by Crippen LogP contribution is 2.27. The minimum atomic E-state index is -4.20. The van der Waals surface area contributed by atoms with Crippen LogP contribution in [0.2, 0.25) is 0 Å². The van der Waals surface area contributed by atoms with Crippen LogP contribution in [0.4, 0.5) is 10.1 Å². The molecule has 9 heteroatoms. The molecule has 0 bridgehead atoms. The summed E-state index contributed by atoms with van der Waals surface area (Å²) in [6, 6.07) is 26.1. The van der Waals surface area contributed by atoms with Gasteiger partial charge in [-0.25, -0.2) is 12.8 Å². The molecule has 4 aromatic carbocycles. The summed E-state index contributed by atoms with van der Waals surface area (Å²) in [5, 5.41) is 3.20. The number of carbonyl (C=O) groups is 2. The van der Waals surface area contributed by atoms with Gasteiger partial charge in [-0.05, 0) is 92.3 Å². The summed E-state index contributed by atoms with van der Waals surface area (Å²) in [6.45, 7) is 5.15. The Morgan fingerprint density at radius 1 is 0.812 bits per heavy atom. The topological polar surface area (TPSA) is 86.8 Å². The maximum absolute atomic E-state index is 14.7. The number of carbonyl (C=O) groups excluding carboxylic acids is 2. The molecule has 1 saturated carbocycles. The van der Waals surface area contributed by atoms with E-state index >= 15 is 0 Å². The summed E-state index contributed by atoms with van der Waals surface area (Å²) in [5.74, 6) is -1.26. The monoisotopic (exact) mass is 669 g/mol. The lowest BCUT2D eigenvalue weighted by Gasteiger charge is -2.35. The molecule has 1 unspecified atom stereocenters. The first-order valence-electron chi connectivity index (χ1n) is 16.6. The first-order chi connectivity index (χ1) is 23.0. The number of sulfonamides is 1. The maximum atomic E-state index is 14.7. The maximum Gasteiger partial charge on any atom is 0.264 e. The van der Waals surface area contributed by atoms with E-state index in [0.29, 0.717) is 11.3 Å². The number of nitrogens with one attached hydrogen (secondary N) is 1. The van der Waals surface area contributed by atoms with E-state index in [0.717, 1.165) is 58.7 Å². The Morgan fingerprint density at radius 3 is 2.12 bits per heavy atom. The quantitative estimate of drug-likeness (QED) is 0.176. The molecule has 0 aromatic heterocycles. The first-order valence-corrected chi connectivity index (χ1v) is 18.0. The molecule has 0 heterocycles. The summed E-state index contributed by atoms with van der Waals surface area (Å²) in [7, 11) is -4.20. The largest absolute Gasteiger partial charge is 0.352 e. The number of aryl methyl sites for hydroxylation is 3. The van der Waals surface area contributed by atoms with Crippen molar-refractivity contribution in [2.45, 2.75) is 82.8 Å². The summed E-state index contributed by atoms with van der Waals surface area (Å²) in [6.07, 6.45) is 5.12. The third kappa shape index (κ3) is 8.69. The zero-order chi connectivity index (χ0) is 34.3. The second-order valence-electron chi connectivity index (χ2n) is 12.8. The van der Waals surface area contributed by atoms with Crippen LogP contribution in [0, 0.1) is 26.6 Å². The fourth-order valence-electron chi connectivity index (χ4n) is 6.13. The minimum Gasteiger partial charge on any atom is -0.352 e. The standard InChI is InChI=1S/C39H44FN3O4S/c1-28-14-22-36(23-15-28)48(46,47)43(35-21-16-29(2)30(3)24-35)27-38(44)42(26-32-17-19-33(40)20-18-32)37(25-31-10-6-4-7-11-31)39(45)41-34-12-8-5-9-13-34/h4,6-7,10-11,14-24,34,37H,5,8-9,12-13,25-27H2,1-3H3,(H,41,45). The van der Waals surface area contributed by atoms with Crippen LogP contribution in [-0.2, 0) is 32.6 Å². The molecule has 0 saturated heterocycles. The predicted molar refractivity (Wildman–Crippen MR) is 188 cm³/mol. The molecule has 1 atom stereocenters. The summed E-state index contributed by atoms with van der Waals surface area (Å²) >= 11 is 0. The SMILES string of the molecule is Cc1ccc(S(=O)(=O)N(CC(=O)N(Cc2ccc(F)cc2)C(Cc2ccccc2)C(=O)NC2CCCCC2)c2ccc(C)c(C)c2)cc1. The Hall–Kier alpha value is -4.50. The summed E-state index contributed by atoms with van der Waals surface area (Å²) < 4.78 is 43.6. The lowest BCUT2D eigenvalue weighted by Crippen LogP contribution is -2.55. The second kappa shape index (κ2) is 15.6. The van der Waals surface area contributed by atoms with Crippen molar-refractivity contribution in [3.8, 4) is 0 Å². The lowest BCUT2D eigenvalue weighted by molar-refractivity contribution is -0.140. The fourth-order valence-corrected chi connectivity index (χ4v) is 7.54. The van der Waals surface area contributed by atoms with E-state index in [1.165, 1.54) is 29.2 Å². The summed E-state index contributed by atoms with van der Waals surface area (Å²) in [4.78, 5) is 30.4. The van der Waals surface area contributed by atoms with Gasteiger partial charge in [-0.1, -0.05) is 85.5 Å². The Balaban J connectivity index is 1.57. The molecule has 0 radical (unpaired) electrons. The van der Waals surface area contributed by atoms with Crippen molar-refractivity contribution in [1.29, 1.82) is 0 Å². The number of nitrogens with zero attached hydrogens (tertiary/aromatic N) is 2. The Bertz CT molecular complexity index is 1810. The molecule has 0 spiro atoms. The van der Waals surface area contributed by atoms with Crippen LogP contribution < -0.4 is 9.62 Å². The van der Waals surface area contributed by atoms with Crippen molar-refractivity contribution < 1.29 is 22.4 Å². The zero-order valence-electron chi connectivity index (χ0n) is 27.9. The van der Waals surface area contributed by atoms with E-state index in [2.05, 4.69) is 5.32 Å². The van der Waals surface area contributed by atoms with E-state index in [4.69, 9.17) is 0 Å². The van der Waals surface area contributed by atoms with E-state index in [9.17, 15) is 22.4 Å². The van der Waals surface area contributed by atoms with Gasteiger partial charge in [0.25, 0.3) is 10.0 Å². The van der Waals surface area contributed by atoms with Gasteiger partial charge < -0.3 is 10.2 Å². The van der Waals surface area contributed by atoms with Crippen molar-refractivity contribution in [3.63, 3.8) is 0 Å². The molecular weight excluding hydrogens is 626 g/mol. The third-order valence-corrected chi connectivity index (χ3v) is 10.9. The van der Waals surface area contributed by atoms with Gasteiger partial charge >= 0.3 is 0 Å². The molecule has 1 N–H and O–H groups in total. The molecule has 4 aromatic rings. The average Bonchev–Trinajstić information content (AvgIpc) is 3.08. The van der Waals surface area contributed by atoms with Crippen LogP contribution in [0.1, 0.15) is 59.9 Å². The van der Waals surface area contributed by atoms with Crippen LogP contribution in [0.15, 0.2) is 102 Å². The van der Waals surface area contributed by atoms with E-state index in [-0.39, 0.29) is 29.8 Å². The molecule has 2 amide bonds. The van der Waals surface area contributed by atoms with Gasteiger partial charge in [-0.15, -0.1) is 0 Å². The number of anilines is 1. The van der Waals surface area contributed by atoms with Crippen molar-refractivity contribution in [3.05, 3.63) is 131 Å². The van der Waals surface area contributed by atoms with Gasteiger partial charge in [-0.3, -0.25) is 13.9 Å². The lowest BCUT2D eigenvalue weighted by atomic mass is 9.94. The van der Waals surface area contributed by atoms with E-state index < -0.39 is 34.3 Å². The average molecular weight is 670 g/mol. The molecule has 1 aliphatic rings. The molecule has 1 fully saturated rings. The Morgan fingerprint density at radius 2 is 1.48 bits per heavy atom. The van der Waals surface area contributed by atoms with Crippen LogP contribution in [0.5, 0.6) is 0 Å². The van der Waals surface area contributed by atoms with Crippen LogP contribution in [0.3, 0.4) is 0 Å². The van der Waals surface area contributed by atoms with Crippen molar-refractivity contribution in [1.82, 2.24) is 10.2 Å². The van der Waals surface area contributed by atoms with Crippen LogP contribution >= 0.6 is 0 Å². The number of amides is 2. The molecule has 0 aliphatic heterocycles. The smallest absolute Gasteiger partial charge is 0.264 e. The Kier molecular flexibility index (Phi) is 11.3. The molecule has 7 nitrogen and oxygen atoms in total. The van der Waals surface area contributed by atoms with E-state index in [1.54, 1.807) is 36.4 Å². The minimum absolute atomic E-state index is 0.00115. The van der Waals surface area contributed by atoms with Gasteiger partial charge in [0.15, 0.2) is 0 Å². The second-order valence-corrected chi connectivity index (χ2v) is 14.7. The van der Waals surface area contributed by atoms with Crippen LogP contribution in [0.25, 0.3) is 0 Å². The van der Waals surface area contributed by atoms with Gasteiger partial charge in [0, 0.05) is 19.0 Å². The normalized spacial score (nSPS) is 14.2. The highest BCUT2D eigenvalue weighted by Gasteiger charge is 2.35. The predicted octanol–water partition coefficient (Wildman–Crippen LogP) is 7.04. The number of hydrogen-bond donors (Lipinski definition) is 1. The summed E-state index contributed by atoms with van der Waals surface area (Å²) in [5.41, 5.74) is 4.59. The molecule has 1 aliphatic carbocycles. The zero-order valence-corrected chi connectivity index (χ0v) is 28.7. The van der Waals surface area contributed by atoms with Gasteiger partial charge in [0.1, 0.15) is 18.4 Å². The third-order valence-electron chi connectivity index (χ3n) is 9.16. The van der Waals surface area contributed by atoms with E-state index in [1.807, 2.05) is 57.2 Å². The van der Waals surface area contributed by atoms with Crippen molar-refractivity contribution >= 4 is 27.5 Å². The number of halogens is 1. The van der Waals surface area contributed by atoms with Gasteiger partial charge in [-0.2, -0.15) is 0 Å². The fraction of sp³-hybridized carbons (Fsp3) is 0.333. The van der Waals surface area contributed by atoms with Crippen molar-refractivity contribution in [2.75, 3.05) is 10.8 Å². The van der Waals surface area contributed by atoms with Gasteiger partial charge in [0.2, 0.25) is 11.8 Å². The highest BCUT2D eigenvalue weighted by atomic mass is 32.2. The number of rotatable bonds is 12. The van der Waals surface area contributed by atoms with Gasteiger partial charge in [0.05, 0.1) is 10.6 Å². The molecule has 5 rings (SSSR count). The Labute approximate surface area is 283 Å². The number of hydrogen-bond acceptors (Lipinski definition) is 4. The molecule has 48 heavy (non-hydrogen) atoms. The van der Waals surface area contributed by atoms with Crippen LogP contribution in [-0.4, -0.2) is 43.8 Å². The van der Waals surface area contributed by atoms with Crippen molar-refractivity contribution in [2.24, 2.45) is 0 Å². The molecule has 252 valence electrons. The highest BCUT2D eigenvalue weighted by molar-refractivity contribution is 7.92. The number of benzene rings is 4. The first kappa shape index (κ1) is 34.8.